The molecular weight excluding hydrogens is 450 g/mol. The summed E-state index contributed by atoms with van der Waals surface area (Å²) in [5, 5.41) is 6.29. The van der Waals surface area contributed by atoms with Gasteiger partial charge in [-0.15, -0.1) is 10.6 Å². The second-order valence-corrected chi connectivity index (χ2v) is 9.00. The molecule has 0 aliphatic carbocycles. The van der Waals surface area contributed by atoms with Crippen molar-refractivity contribution in [3.63, 3.8) is 0 Å². The van der Waals surface area contributed by atoms with E-state index in [0.29, 0.717) is 36.2 Å². The Morgan fingerprint density at radius 2 is 1.66 bits per heavy atom. The minimum absolute atomic E-state index is 0.00997. The van der Waals surface area contributed by atoms with Crippen LogP contribution in [0, 0.1) is 0 Å². The molecule has 3 aromatic rings. The second kappa shape index (κ2) is 6.57. The summed E-state index contributed by atoms with van der Waals surface area (Å²) in [7, 11) is 0. The first-order valence-electron chi connectivity index (χ1n) is 11.3. The smallest absolute Gasteiger partial charge is 0.244 e. The van der Waals surface area contributed by atoms with Gasteiger partial charge in [0.05, 0.1) is 13.1 Å². The molecule has 5 aliphatic rings. The maximum atomic E-state index is 14.5. The molecule has 5 heterocycles. The summed E-state index contributed by atoms with van der Waals surface area (Å²) >= 11 is 0. The highest BCUT2D eigenvalue weighted by molar-refractivity contribution is 6.15. The van der Waals surface area contributed by atoms with E-state index in [0.717, 1.165) is 33.7 Å². The fraction of sp³-hybridized carbons (Fsp3) is 0.200. The number of para-hydroxylation sites is 1. The van der Waals surface area contributed by atoms with Gasteiger partial charge in [0.15, 0.2) is 28.8 Å². The Kier molecular flexibility index (Phi) is 3.56. The summed E-state index contributed by atoms with van der Waals surface area (Å²) in [6.45, 7) is 1.14. The number of amidine groups is 1. The molecular formula is C25H19N5O5. The molecule has 10 nitrogen and oxygen atoms in total. The van der Waals surface area contributed by atoms with Crippen molar-refractivity contribution in [3.05, 3.63) is 76.9 Å². The van der Waals surface area contributed by atoms with Crippen LogP contribution in [-0.2, 0) is 16.8 Å². The molecule has 0 saturated heterocycles. The molecule has 0 aromatic heterocycles. The number of nitrogens with one attached hydrogen (secondary N) is 2. The van der Waals surface area contributed by atoms with E-state index >= 15 is 0 Å². The molecule has 0 bridgehead atoms. The third kappa shape index (κ3) is 2.41. The number of hydrogen-bond acceptors (Lipinski definition) is 9. The van der Waals surface area contributed by atoms with E-state index in [1.54, 1.807) is 0 Å². The van der Waals surface area contributed by atoms with Crippen LogP contribution in [-0.4, -0.2) is 36.9 Å². The summed E-state index contributed by atoms with van der Waals surface area (Å²) in [4.78, 5) is 16.4. The molecule has 0 fully saturated rings. The summed E-state index contributed by atoms with van der Waals surface area (Å²) < 4.78 is 22.4. The van der Waals surface area contributed by atoms with Gasteiger partial charge in [-0.05, 0) is 47.0 Å². The number of amides is 1. The predicted octanol–water partition coefficient (Wildman–Crippen LogP) is 1.98. The van der Waals surface area contributed by atoms with Gasteiger partial charge >= 0.3 is 0 Å². The lowest BCUT2D eigenvalue weighted by Gasteiger charge is -2.39. The minimum Gasteiger partial charge on any atom is -0.454 e. The van der Waals surface area contributed by atoms with Crippen molar-refractivity contribution in [3.8, 4) is 23.0 Å². The van der Waals surface area contributed by atoms with Crippen LogP contribution in [0.4, 0.5) is 5.69 Å². The zero-order valence-corrected chi connectivity index (χ0v) is 18.4. The van der Waals surface area contributed by atoms with Crippen LogP contribution in [0.5, 0.6) is 23.0 Å². The van der Waals surface area contributed by atoms with Crippen molar-refractivity contribution < 1.29 is 23.7 Å². The maximum Gasteiger partial charge on any atom is 0.244 e. The monoisotopic (exact) mass is 469 g/mol. The number of ether oxygens (including phenoxy) is 4. The molecule has 35 heavy (non-hydrogen) atoms. The number of hydrazone groups is 1. The summed E-state index contributed by atoms with van der Waals surface area (Å²) in [6.07, 6.45) is 0. The van der Waals surface area contributed by atoms with E-state index in [4.69, 9.17) is 18.9 Å². The molecule has 1 amide bonds. The zero-order chi connectivity index (χ0) is 23.1. The Morgan fingerprint density at radius 3 is 2.54 bits per heavy atom. The molecule has 5 aliphatic heterocycles. The van der Waals surface area contributed by atoms with E-state index in [2.05, 4.69) is 16.2 Å². The van der Waals surface area contributed by atoms with E-state index in [-0.39, 0.29) is 19.5 Å². The van der Waals surface area contributed by atoms with Crippen LogP contribution in [0.3, 0.4) is 0 Å². The van der Waals surface area contributed by atoms with Gasteiger partial charge in [-0.25, -0.2) is 5.53 Å². The van der Waals surface area contributed by atoms with Crippen molar-refractivity contribution in [2.75, 3.05) is 25.0 Å². The average molecular weight is 469 g/mol. The van der Waals surface area contributed by atoms with Gasteiger partial charge in [0.25, 0.3) is 0 Å². The number of nitrogens with zero attached hydrogens (tertiary/aromatic N) is 3. The number of hydrazine groups is 2. The standard InChI is InChI=1S/C25H19N5O5/c31-24-25(11-30-23(26-27-28-30)15-8-21-22(9-17(15)25)35-13-34-21)16-3-1-2-4-18(16)29(24)10-14-5-6-19-20(7-14)33-12-32-19/h1-9,27-28H,10-13H2. The lowest BCUT2D eigenvalue weighted by atomic mass is 9.71. The van der Waals surface area contributed by atoms with E-state index < -0.39 is 5.41 Å². The number of carbonyl (C=O) groups excluding carboxylic acids is 1. The molecule has 2 N–H and O–H groups in total. The first-order chi connectivity index (χ1) is 17.2. The molecule has 0 saturated carbocycles. The van der Waals surface area contributed by atoms with E-state index in [1.807, 2.05) is 64.5 Å². The molecule has 1 unspecified atom stereocenters. The molecule has 1 atom stereocenters. The van der Waals surface area contributed by atoms with Crippen molar-refractivity contribution in [1.82, 2.24) is 16.1 Å². The highest BCUT2D eigenvalue weighted by Gasteiger charge is 2.57. The minimum atomic E-state index is -0.957. The largest absolute Gasteiger partial charge is 0.454 e. The molecule has 1 spiro atoms. The Balaban J connectivity index is 1.30. The second-order valence-electron chi connectivity index (χ2n) is 9.00. The van der Waals surface area contributed by atoms with Gasteiger partial charge in [-0.3, -0.25) is 9.80 Å². The Hall–Kier alpha value is -4.44. The van der Waals surface area contributed by atoms with Crippen molar-refractivity contribution in [1.29, 1.82) is 0 Å². The van der Waals surface area contributed by atoms with Crippen LogP contribution in [0.1, 0.15) is 22.3 Å². The summed E-state index contributed by atoms with van der Waals surface area (Å²) in [6, 6.07) is 17.6. The van der Waals surface area contributed by atoms with Gasteiger partial charge in [0, 0.05) is 11.3 Å². The number of hydrogen-bond donors (Lipinski definition) is 2. The first-order valence-corrected chi connectivity index (χ1v) is 11.3. The molecule has 10 heteroatoms. The molecule has 174 valence electrons. The Morgan fingerprint density at radius 1 is 0.886 bits per heavy atom. The maximum absolute atomic E-state index is 14.5. The predicted molar refractivity (Wildman–Crippen MR) is 123 cm³/mol. The number of anilines is 1. The van der Waals surface area contributed by atoms with Gasteiger partial charge in [-0.2, -0.15) is 0 Å². The third-order valence-corrected chi connectivity index (χ3v) is 7.25. The number of rotatable bonds is 2. The highest BCUT2D eigenvalue weighted by atomic mass is 16.7. The lowest BCUT2D eigenvalue weighted by molar-refractivity contribution is -0.122. The quantitative estimate of drug-likeness (QED) is 0.588. The van der Waals surface area contributed by atoms with Crippen molar-refractivity contribution in [2.45, 2.75) is 12.0 Å². The van der Waals surface area contributed by atoms with Gasteiger partial charge in [0.1, 0.15) is 5.41 Å². The van der Waals surface area contributed by atoms with Crippen molar-refractivity contribution >= 4 is 17.4 Å². The van der Waals surface area contributed by atoms with E-state index in [1.165, 1.54) is 0 Å². The fourth-order valence-electron chi connectivity index (χ4n) is 5.69. The number of carbonyl (C=O) groups is 1. The Bertz CT molecular complexity index is 1470. The van der Waals surface area contributed by atoms with E-state index in [9.17, 15) is 4.79 Å². The molecule has 3 aromatic carbocycles. The average Bonchev–Trinajstić information content (AvgIpc) is 3.67. The van der Waals surface area contributed by atoms with Crippen LogP contribution >= 0.6 is 0 Å². The third-order valence-electron chi connectivity index (χ3n) is 7.25. The van der Waals surface area contributed by atoms with Gasteiger partial charge in [-0.1, -0.05) is 24.3 Å². The number of benzene rings is 3. The van der Waals surface area contributed by atoms with Crippen LogP contribution < -0.4 is 34.9 Å². The summed E-state index contributed by atoms with van der Waals surface area (Å²) in [5.74, 6) is 3.39. The topological polar surface area (TPSA) is 96.9 Å². The zero-order valence-electron chi connectivity index (χ0n) is 18.4. The first kappa shape index (κ1) is 18.9. The van der Waals surface area contributed by atoms with Gasteiger partial charge < -0.3 is 23.8 Å². The number of fused-ring (bicyclic) bond motifs is 8. The fourth-order valence-corrected chi connectivity index (χ4v) is 5.69. The molecule has 8 rings (SSSR count). The lowest BCUT2D eigenvalue weighted by Crippen LogP contribution is -2.57. The Labute approximate surface area is 199 Å². The highest BCUT2D eigenvalue weighted by Crippen LogP contribution is 2.52. The normalized spacial score (nSPS) is 22.2. The van der Waals surface area contributed by atoms with Crippen LogP contribution in [0.15, 0.2) is 59.7 Å². The summed E-state index contributed by atoms with van der Waals surface area (Å²) in [5.41, 5.74) is 9.41. The van der Waals surface area contributed by atoms with Crippen molar-refractivity contribution in [2.24, 2.45) is 5.10 Å². The SMILES string of the molecule is O=C1N(Cc2ccc3c(c2)OCO3)c2ccccc2C12CN1NNN=C1c1cc3c(cc12)OCO3. The van der Waals surface area contributed by atoms with Crippen LogP contribution in [0.2, 0.25) is 0 Å². The molecule has 0 radical (unpaired) electrons. The van der Waals surface area contributed by atoms with Crippen LogP contribution in [0.25, 0.3) is 0 Å². The van der Waals surface area contributed by atoms with Gasteiger partial charge in [0.2, 0.25) is 19.5 Å².